The summed E-state index contributed by atoms with van der Waals surface area (Å²) in [7, 11) is -4.26. The predicted octanol–water partition coefficient (Wildman–Crippen LogP) is 7.05. The first-order valence-corrected chi connectivity index (χ1v) is 16.9. The Hall–Kier alpha value is -3.85. The fraction of sp³-hybridized carbons (Fsp3) is 0.257. The molecule has 0 fully saturated rings. The molecule has 0 aliphatic carbocycles. The summed E-state index contributed by atoms with van der Waals surface area (Å²) in [5.74, 6) is -0.884. The molecule has 0 radical (unpaired) electrons. The van der Waals surface area contributed by atoms with Crippen molar-refractivity contribution in [2.45, 2.75) is 57.1 Å². The molecule has 45 heavy (non-hydrogen) atoms. The molecule has 10 heteroatoms. The lowest BCUT2D eigenvalue weighted by atomic mass is 10.0. The van der Waals surface area contributed by atoms with Crippen LogP contribution in [0.25, 0.3) is 0 Å². The van der Waals surface area contributed by atoms with Gasteiger partial charge in [-0.15, -0.1) is 0 Å². The van der Waals surface area contributed by atoms with E-state index in [0.29, 0.717) is 6.42 Å². The Balaban J connectivity index is 1.83. The van der Waals surface area contributed by atoms with Gasteiger partial charge in [0.25, 0.3) is 10.0 Å². The Morgan fingerprint density at radius 2 is 1.42 bits per heavy atom. The number of anilines is 1. The minimum Gasteiger partial charge on any atom is -0.352 e. The third kappa shape index (κ3) is 9.10. The molecule has 0 spiro atoms. The zero-order valence-corrected chi connectivity index (χ0v) is 27.8. The van der Waals surface area contributed by atoms with Gasteiger partial charge in [0.1, 0.15) is 12.6 Å². The number of benzene rings is 4. The molecule has 4 rings (SSSR count). The normalized spacial score (nSPS) is 12.6. The Labute approximate surface area is 275 Å². The zero-order valence-electron chi connectivity index (χ0n) is 25.5. The summed E-state index contributed by atoms with van der Waals surface area (Å²) < 4.78 is 29.2. The third-order valence-electron chi connectivity index (χ3n) is 7.45. The van der Waals surface area contributed by atoms with E-state index in [-0.39, 0.29) is 45.5 Å². The van der Waals surface area contributed by atoms with Crippen molar-refractivity contribution < 1.29 is 18.0 Å². The van der Waals surface area contributed by atoms with Crippen molar-refractivity contribution in [1.82, 2.24) is 10.2 Å². The van der Waals surface area contributed by atoms with Gasteiger partial charge in [-0.05, 0) is 61.7 Å². The Morgan fingerprint density at radius 3 is 2.02 bits per heavy atom. The maximum absolute atomic E-state index is 14.5. The Bertz CT molecular complexity index is 1700. The van der Waals surface area contributed by atoms with E-state index in [1.165, 1.54) is 35.2 Å². The number of carbonyl (C=O) groups is 2. The highest BCUT2D eigenvalue weighted by atomic mass is 35.5. The number of rotatable bonds is 13. The fourth-order valence-corrected chi connectivity index (χ4v) is 6.87. The summed E-state index contributed by atoms with van der Waals surface area (Å²) in [5.41, 5.74) is 2.79. The van der Waals surface area contributed by atoms with Crippen LogP contribution in [0.15, 0.2) is 108 Å². The average molecular weight is 667 g/mol. The maximum Gasteiger partial charge on any atom is 0.264 e. The molecule has 0 saturated carbocycles. The van der Waals surface area contributed by atoms with E-state index in [1.54, 1.807) is 18.2 Å². The molecule has 2 amide bonds. The van der Waals surface area contributed by atoms with Gasteiger partial charge in [0, 0.05) is 29.1 Å². The van der Waals surface area contributed by atoms with Crippen molar-refractivity contribution >= 4 is 50.7 Å². The van der Waals surface area contributed by atoms with Crippen molar-refractivity contribution in [2.24, 2.45) is 0 Å². The molecule has 0 bridgehead atoms. The highest BCUT2D eigenvalue weighted by molar-refractivity contribution is 7.92. The van der Waals surface area contributed by atoms with Crippen LogP contribution in [-0.4, -0.2) is 43.8 Å². The van der Waals surface area contributed by atoms with Crippen LogP contribution >= 0.6 is 23.2 Å². The zero-order chi connectivity index (χ0) is 32.6. The van der Waals surface area contributed by atoms with E-state index in [0.717, 1.165) is 21.0 Å². The smallest absolute Gasteiger partial charge is 0.264 e. The van der Waals surface area contributed by atoms with Gasteiger partial charge in [0.2, 0.25) is 11.8 Å². The van der Waals surface area contributed by atoms with Gasteiger partial charge in [-0.3, -0.25) is 13.9 Å². The standard InChI is InChI=1S/C35H37Cl2N3O4S/c1-4-26(3)38-35(42)33(19-27-13-7-5-8-14-27)39(23-28-15-11-12-25(2)18-28)34(41)24-40(31-21-29(36)20-30(37)22-31)45(43,44)32-16-9-6-10-17-32/h5-18,20-22,26,33H,4,19,23-24H2,1-3H3,(H,38,42)/t26-,33+/m1/s1. The van der Waals surface area contributed by atoms with Gasteiger partial charge < -0.3 is 10.2 Å². The van der Waals surface area contributed by atoms with Crippen molar-refractivity contribution in [3.63, 3.8) is 0 Å². The minimum absolute atomic E-state index is 0.00511. The summed E-state index contributed by atoms with van der Waals surface area (Å²) in [4.78, 5) is 29.9. The summed E-state index contributed by atoms with van der Waals surface area (Å²) in [6.45, 7) is 5.31. The molecule has 236 valence electrons. The number of amides is 2. The van der Waals surface area contributed by atoms with Gasteiger partial charge in [0.15, 0.2) is 0 Å². The van der Waals surface area contributed by atoms with Crippen LogP contribution in [0.1, 0.15) is 37.0 Å². The summed E-state index contributed by atoms with van der Waals surface area (Å²) >= 11 is 12.6. The molecule has 2 atom stereocenters. The number of nitrogens with one attached hydrogen (secondary N) is 1. The minimum atomic E-state index is -4.26. The molecule has 0 saturated heterocycles. The summed E-state index contributed by atoms with van der Waals surface area (Å²) in [6.07, 6.45) is 0.934. The quantitative estimate of drug-likeness (QED) is 0.166. The van der Waals surface area contributed by atoms with Crippen LogP contribution in [0.4, 0.5) is 5.69 Å². The van der Waals surface area contributed by atoms with Crippen LogP contribution in [-0.2, 0) is 32.6 Å². The molecule has 1 N–H and O–H groups in total. The molecule has 0 aliphatic heterocycles. The van der Waals surface area contributed by atoms with Gasteiger partial charge >= 0.3 is 0 Å². The van der Waals surface area contributed by atoms with E-state index in [2.05, 4.69) is 5.32 Å². The van der Waals surface area contributed by atoms with E-state index < -0.39 is 28.5 Å². The van der Waals surface area contributed by atoms with Crippen LogP contribution in [0.5, 0.6) is 0 Å². The SMILES string of the molecule is CC[C@@H](C)NC(=O)[C@H](Cc1ccccc1)N(Cc1cccc(C)c1)C(=O)CN(c1cc(Cl)cc(Cl)c1)S(=O)(=O)c1ccccc1. The molecule has 0 heterocycles. The molecular weight excluding hydrogens is 629 g/mol. The molecule has 4 aromatic carbocycles. The topological polar surface area (TPSA) is 86.8 Å². The van der Waals surface area contributed by atoms with Crippen molar-refractivity contribution in [3.05, 3.63) is 130 Å². The Morgan fingerprint density at radius 1 is 0.822 bits per heavy atom. The number of hydrogen-bond acceptors (Lipinski definition) is 4. The van der Waals surface area contributed by atoms with Crippen molar-refractivity contribution in [1.29, 1.82) is 0 Å². The monoisotopic (exact) mass is 665 g/mol. The second kappa shape index (κ2) is 15.4. The lowest BCUT2D eigenvalue weighted by molar-refractivity contribution is -0.140. The van der Waals surface area contributed by atoms with Crippen LogP contribution in [0.3, 0.4) is 0 Å². The molecular formula is C35H37Cl2N3O4S. The number of hydrogen-bond donors (Lipinski definition) is 1. The number of nitrogens with zero attached hydrogens (tertiary/aromatic N) is 2. The third-order valence-corrected chi connectivity index (χ3v) is 9.68. The average Bonchev–Trinajstić information content (AvgIpc) is 3.01. The number of aryl methyl sites for hydroxylation is 1. The molecule has 7 nitrogen and oxygen atoms in total. The van der Waals surface area contributed by atoms with E-state index in [9.17, 15) is 18.0 Å². The largest absolute Gasteiger partial charge is 0.352 e. The summed E-state index contributed by atoms with van der Waals surface area (Å²) in [5, 5.41) is 3.46. The van der Waals surface area contributed by atoms with Gasteiger partial charge in [0.05, 0.1) is 10.6 Å². The highest BCUT2D eigenvalue weighted by Crippen LogP contribution is 2.30. The van der Waals surface area contributed by atoms with Crippen LogP contribution in [0.2, 0.25) is 10.0 Å². The number of carbonyl (C=O) groups excluding carboxylic acids is 2. The lowest BCUT2D eigenvalue weighted by Crippen LogP contribution is -2.54. The first-order chi connectivity index (χ1) is 21.5. The lowest BCUT2D eigenvalue weighted by Gasteiger charge is -2.34. The number of halogens is 2. The highest BCUT2D eigenvalue weighted by Gasteiger charge is 2.35. The molecule has 0 aromatic heterocycles. The van der Waals surface area contributed by atoms with Crippen molar-refractivity contribution in [2.75, 3.05) is 10.8 Å². The maximum atomic E-state index is 14.5. The van der Waals surface area contributed by atoms with Crippen molar-refractivity contribution in [3.8, 4) is 0 Å². The number of sulfonamides is 1. The molecule has 4 aromatic rings. The summed E-state index contributed by atoms with van der Waals surface area (Å²) in [6, 6.07) is 28.3. The van der Waals surface area contributed by atoms with Gasteiger partial charge in [-0.25, -0.2) is 8.42 Å². The van der Waals surface area contributed by atoms with Crippen LogP contribution in [0, 0.1) is 6.92 Å². The van der Waals surface area contributed by atoms with Gasteiger partial charge in [-0.2, -0.15) is 0 Å². The van der Waals surface area contributed by atoms with E-state index in [1.807, 2.05) is 75.4 Å². The van der Waals surface area contributed by atoms with E-state index in [4.69, 9.17) is 23.2 Å². The van der Waals surface area contributed by atoms with Gasteiger partial charge in [-0.1, -0.05) is 108 Å². The Kier molecular flexibility index (Phi) is 11.7. The van der Waals surface area contributed by atoms with E-state index >= 15 is 0 Å². The first kappa shape index (κ1) is 34.0. The first-order valence-electron chi connectivity index (χ1n) is 14.7. The molecule has 0 unspecified atom stereocenters. The second-order valence-corrected chi connectivity index (χ2v) is 13.7. The van der Waals surface area contributed by atoms with Crippen LogP contribution < -0.4 is 9.62 Å². The molecule has 0 aliphatic rings. The second-order valence-electron chi connectivity index (χ2n) is 11.0. The predicted molar refractivity (Wildman–Crippen MR) is 181 cm³/mol. The fourth-order valence-electron chi connectivity index (χ4n) is 4.93.